The molecule has 13 heavy (non-hydrogen) atoms. The summed E-state index contributed by atoms with van der Waals surface area (Å²) in [5.41, 5.74) is 1.10. The molecule has 0 fully saturated rings. The van der Waals surface area contributed by atoms with E-state index in [1.165, 1.54) is 12.8 Å². The Morgan fingerprint density at radius 3 is 3.00 bits per heavy atom. The van der Waals surface area contributed by atoms with Crippen molar-refractivity contribution in [2.45, 2.75) is 39.0 Å². The van der Waals surface area contributed by atoms with E-state index < -0.39 is 0 Å². The highest BCUT2D eigenvalue weighted by Gasteiger charge is 2.11. The number of carbonyl (C=O) groups excluding carboxylic acids is 1. The number of hydrogen-bond acceptors (Lipinski definition) is 2. The summed E-state index contributed by atoms with van der Waals surface area (Å²) in [5, 5.41) is 0. The lowest BCUT2D eigenvalue weighted by atomic mass is 9.95. The van der Waals surface area contributed by atoms with E-state index in [9.17, 15) is 4.79 Å². The van der Waals surface area contributed by atoms with Crippen LogP contribution in [0.5, 0.6) is 0 Å². The van der Waals surface area contributed by atoms with Gasteiger partial charge in [0.1, 0.15) is 0 Å². The Labute approximate surface area is 85.0 Å². The third-order valence-electron chi connectivity index (χ3n) is 2.33. The van der Waals surface area contributed by atoms with Crippen LogP contribution in [0, 0.1) is 0 Å². The van der Waals surface area contributed by atoms with Crippen LogP contribution >= 0.6 is 11.8 Å². The normalized spacial score (nSPS) is 16.8. The van der Waals surface area contributed by atoms with Gasteiger partial charge in [-0.2, -0.15) is 11.8 Å². The molecule has 0 heterocycles. The largest absolute Gasteiger partial charge is 0.295 e. The summed E-state index contributed by atoms with van der Waals surface area (Å²) in [4.78, 5) is 11.6. The molecule has 0 bridgehead atoms. The molecule has 0 aromatic rings. The van der Waals surface area contributed by atoms with E-state index in [0.29, 0.717) is 5.78 Å². The predicted octanol–water partition coefficient (Wildman–Crippen LogP) is 3.20. The van der Waals surface area contributed by atoms with Gasteiger partial charge in [0.15, 0.2) is 5.78 Å². The zero-order valence-corrected chi connectivity index (χ0v) is 9.16. The summed E-state index contributed by atoms with van der Waals surface area (Å²) in [6.45, 7) is 2.13. The first-order chi connectivity index (χ1) is 6.34. The van der Waals surface area contributed by atoms with E-state index in [4.69, 9.17) is 0 Å². The van der Waals surface area contributed by atoms with Crippen LogP contribution < -0.4 is 0 Å². The zero-order chi connectivity index (χ0) is 9.52. The van der Waals surface area contributed by atoms with E-state index in [2.05, 4.69) is 13.0 Å². The Hall–Kier alpha value is -0.240. The quantitative estimate of drug-likeness (QED) is 0.631. The SMILES string of the molecule is CCSCCC(=O)C1=CCCCC1. The summed E-state index contributed by atoms with van der Waals surface area (Å²) in [6.07, 6.45) is 7.49. The van der Waals surface area contributed by atoms with Crippen LogP contribution in [0.4, 0.5) is 0 Å². The third kappa shape index (κ3) is 3.99. The average molecular weight is 198 g/mol. The molecule has 1 nitrogen and oxygen atoms in total. The summed E-state index contributed by atoms with van der Waals surface area (Å²) in [7, 11) is 0. The molecule has 1 aliphatic carbocycles. The lowest BCUT2D eigenvalue weighted by molar-refractivity contribution is -0.115. The number of hydrogen-bond donors (Lipinski definition) is 0. The molecule has 0 saturated carbocycles. The van der Waals surface area contributed by atoms with E-state index in [1.54, 1.807) is 0 Å². The van der Waals surface area contributed by atoms with Gasteiger partial charge in [0.2, 0.25) is 0 Å². The van der Waals surface area contributed by atoms with Crippen LogP contribution in [0.25, 0.3) is 0 Å². The van der Waals surface area contributed by atoms with Crippen LogP contribution in [0.2, 0.25) is 0 Å². The minimum atomic E-state index is 0.389. The van der Waals surface area contributed by atoms with E-state index in [-0.39, 0.29) is 0 Å². The van der Waals surface area contributed by atoms with Crippen LogP contribution in [-0.4, -0.2) is 17.3 Å². The van der Waals surface area contributed by atoms with Gasteiger partial charge in [-0.25, -0.2) is 0 Å². The van der Waals surface area contributed by atoms with Gasteiger partial charge in [0.25, 0.3) is 0 Å². The average Bonchev–Trinajstić information content (AvgIpc) is 2.19. The topological polar surface area (TPSA) is 17.1 Å². The van der Waals surface area contributed by atoms with Gasteiger partial charge < -0.3 is 0 Å². The molecule has 1 rings (SSSR count). The van der Waals surface area contributed by atoms with E-state index in [1.807, 2.05) is 11.8 Å². The number of ketones is 1. The van der Waals surface area contributed by atoms with E-state index in [0.717, 1.165) is 36.3 Å². The van der Waals surface area contributed by atoms with Crippen LogP contribution in [0.1, 0.15) is 39.0 Å². The third-order valence-corrected chi connectivity index (χ3v) is 3.23. The van der Waals surface area contributed by atoms with Crippen molar-refractivity contribution in [3.63, 3.8) is 0 Å². The van der Waals surface area contributed by atoms with Gasteiger partial charge in [-0.3, -0.25) is 4.79 Å². The number of carbonyl (C=O) groups is 1. The molecule has 0 unspecified atom stereocenters. The lowest BCUT2D eigenvalue weighted by Crippen LogP contribution is -2.06. The van der Waals surface area contributed by atoms with E-state index >= 15 is 0 Å². The fraction of sp³-hybridized carbons (Fsp3) is 0.727. The number of Topliss-reactive ketones (excluding diaryl/α,β-unsaturated/α-hetero) is 1. The molecule has 74 valence electrons. The lowest BCUT2D eigenvalue weighted by Gasteiger charge is -2.10. The number of allylic oxidation sites excluding steroid dienone is 2. The van der Waals surface area contributed by atoms with Gasteiger partial charge in [0.05, 0.1) is 0 Å². The molecule has 0 aromatic carbocycles. The maximum atomic E-state index is 11.6. The van der Waals surface area contributed by atoms with Gasteiger partial charge in [0, 0.05) is 12.2 Å². The van der Waals surface area contributed by atoms with Crippen molar-refractivity contribution in [1.29, 1.82) is 0 Å². The smallest absolute Gasteiger partial charge is 0.159 e. The van der Waals surface area contributed by atoms with Crippen LogP contribution in [0.3, 0.4) is 0 Å². The fourth-order valence-corrected chi connectivity index (χ4v) is 2.18. The van der Waals surface area contributed by atoms with Gasteiger partial charge >= 0.3 is 0 Å². The molecule has 0 saturated heterocycles. The van der Waals surface area contributed by atoms with Crippen molar-refractivity contribution in [3.05, 3.63) is 11.6 Å². The number of thioether (sulfide) groups is 1. The predicted molar refractivity (Wildman–Crippen MR) is 59.2 cm³/mol. The molecule has 0 amide bonds. The standard InChI is InChI=1S/C11H18OS/c1-2-13-9-8-11(12)10-6-4-3-5-7-10/h6H,2-5,7-9H2,1H3. The highest BCUT2D eigenvalue weighted by Crippen LogP contribution is 2.19. The molecule has 1 aliphatic rings. The second-order valence-electron chi connectivity index (χ2n) is 3.35. The fourth-order valence-electron chi connectivity index (χ4n) is 1.56. The first kappa shape index (κ1) is 10.8. The second-order valence-corrected chi connectivity index (χ2v) is 4.74. The Bertz CT molecular complexity index is 196. The van der Waals surface area contributed by atoms with Crippen molar-refractivity contribution < 1.29 is 4.79 Å². The van der Waals surface area contributed by atoms with Gasteiger partial charge in [-0.05, 0) is 37.0 Å². The van der Waals surface area contributed by atoms with Gasteiger partial charge in [-0.1, -0.05) is 13.0 Å². The van der Waals surface area contributed by atoms with Crippen LogP contribution in [-0.2, 0) is 4.79 Å². The first-order valence-corrected chi connectivity index (χ1v) is 6.30. The Balaban J connectivity index is 2.25. The molecule has 0 aliphatic heterocycles. The van der Waals surface area contributed by atoms with Crippen LogP contribution in [0.15, 0.2) is 11.6 Å². The second kappa shape index (κ2) is 6.25. The summed E-state index contributed by atoms with van der Waals surface area (Å²) >= 11 is 1.85. The highest BCUT2D eigenvalue weighted by molar-refractivity contribution is 7.99. The van der Waals surface area contributed by atoms with Crippen molar-refractivity contribution in [2.24, 2.45) is 0 Å². The molecule has 0 aromatic heterocycles. The minimum Gasteiger partial charge on any atom is -0.295 e. The monoisotopic (exact) mass is 198 g/mol. The Morgan fingerprint density at radius 1 is 1.54 bits per heavy atom. The molecular weight excluding hydrogens is 180 g/mol. The number of rotatable bonds is 5. The van der Waals surface area contributed by atoms with Crippen molar-refractivity contribution in [2.75, 3.05) is 11.5 Å². The summed E-state index contributed by atoms with van der Waals surface area (Å²) < 4.78 is 0. The summed E-state index contributed by atoms with van der Waals surface area (Å²) in [5.74, 6) is 2.50. The zero-order valence-electron chi connectivity index (χ0n) is 8.34. The molecule has 2 heteroatoms. The maximum absolute atomic E-state index is 11.6. The molecule has 0 atom stereocenters. The highest BCUT2D eigenvalue weighted by atomic mass is 32.2. The first-order valence-electron chi connectivity index (χ1n) is 5.14. The molecular formula is C11H18OS. The Morgan fingerprint density at radius 2 is 2.38 bits per heavy atom. The molecule has 0 spiro atoms. The van der Waals surface area contributed by atoms with Crippen molar-refractivity contribution >= 4 is 17.5 Å². The Kier molecular flexibility index (Phi) is 5.21. The maximum Gasteiger partial charge on any atom is 0.159 e. The van der Waals surface area contributed by atoms with Gasteiger partial charge in [-0.15, -0.1) is 0 Å². The summed E-state index contributed by atoms with van der Waals surface area (Å²) in [6, 6.07) is 0. The molecule has 0 N–H and O–H groups in total. The van der Waals surface area contributed by atoms with Crippen molar-refractivity contribution in [3.8, 4) is 0 Å². The molecule has 0 radical (unpaired) electrons. The minimum absolute atomic E-state index is 0.389. The van der Waals surface area contributed by atoms with Crippen molar-refractivity contribution in [1.82, 2.24) is 0 Å².